The normalized spacial score (nSPS) is 10.3. The van der Waals surface area contributed by atoms with Gasteiger partial charge in [-0.3, -0.25) is 4.79 Å². The summed E-state index contributed by atoms with van der Waals surface area (Å²) >= 11 is 1.39. The third kappa shape index (κ3) is 2.90. The summed E-state index contributed by atoms with van der Waals surface area (Å²) in [7, 11) is 0. The number of benzene rings is 2. The Morgan fingerprint density at radius 1 is 1.17 bits per heavy atom. The van der Waals surface area contributed by atoms with E-state index in [0.717, 1.165) is 9.79 Å². The fraction of sp³-hybridized carbons (Fsp3) is 0.0714. The maximum Gasteiger partial charge on any atom is 0.159 e. The van der Waals surface area contributed by atoms with Crippen molar-refractivity contribution in [3.05, 3.63) is 53.8 Å². The van der Waals surface area contributed by atoms with E-state index in [2.05, 4.69) is 0 Å². The van der Waals surface area contributed by atoms with Crippen molar-refractivity contribution in [2.45, 2.75) is 16.7 Å². The van der Waals surface area contributed by atoms with E-state index in [1.807, 2.05) is 12.1 Å². The lowest BCUT2D eigenvalue weighted by Crippen LogP contribution is -1.91. The number of anilines is 1. The van der Waals surface area contributed by atoms with E-state index in [1.54, 1.807) is 18.2 Å². The van der Waals surface area contributed by atoms with E-state index < -0.39 is 5.82 Å². The van der Waals surface area contributed by atoms with Crippen LogP contribution >= 0.6 is 11.8 Å². The largest absolute Gasteiger partial charge is 0.396 e. The number of carbonyl (C=O) groups excluding carboxylic acids is 1. The molecule has 0 radical (unpaired) electrons. The summed E-state index contributed by atoms with van der Waals surface area (Å²) < 4.78 is 13.3. The molecule has 0 unspecified atom stereocenters. The van der Waals surface area contributed by atoms with E-state index in [4.69, 9.17) is 5.73 Å². The maximum absolute atomic E-state index is 13.3. The number of halogens is 1. The Morgan fingerprint density at radius 3 is 2.56 bits per heavy atom. The van der Waals surface area contributed by atoms with Crippen molar-refractivity contribution in [1.29, 1.82) is 0 Å². The zero-order valence-electron chi connectivity index (χ0n) is 9.81. The molecular formula is C14H12FNOS. The Bertz CT molecular complexity index is 598. The maximum atomic E-state index is 13.3. The van der Waals surface area contributed by atoms with E-state index in [0.29, 0.717) is 5.56 Å². The first-order valence-electron chi connectivity index (χ1n) is 5.40. The number of hydrogen-bond donors (Lipinski definition) is 1. The molecule has 92 valence electrons. The number of carbonyl (C=O) groups is 1. The molecule has 0 bridgehead atoms. The highest BCUT2D eigenvalue weighted by atomic mass is 32.2. The molecule has 0 atom stereocenters. The average molecular weight is 261 g/mol. The number of ketones is 1. The molecule has 2 aromatic rings. The third-order valence-electron chi connectivity index (χ3n) is 2.45. The molecule has 0 fully saturated rings. The minimum Gasteiger partial charge on any atom is -0.396 e. The summed E-state index contributed by atoms with van der Waals surface area (Å²) in [4.78, 5) is 12.9. The SMILES string of the molecule is CC(=O)c1cccc(Sc2ccc(N)c(F)c2)c1. The van der Waals surface area contributed by atoms with Gasteiger partial charge in [0.1, 0.15) is 5.82 Å². The first-order valence-corrected chi connectivity index (χ1v) is 6.22. The lowest BCUT2D eigenvalue weighted by Gasteiger charge is -2.04. The van der Waals surface area contributed by atoms with Gasteiger partial charge in [0, 0.05) is 15.4 Å². The zero-order chi connectivity index (χ0) is 13.1. The van der Waals surface area contributed by atoms with Gasteiger partial charge >= 0.3 is 0 Å². The lowest BCUT2D eigenvalue weighted by atomic mass is 10.2. The predicted octanol–water partition coefficient (Wildman–Crippen LogP) is 3.76. The van der Waals surface area contributed by atoms with Crippen molar-refractivity contribution < 1.29 is 9.18 Å². The molecular weight excluding hydrogens is 249 g/mol. The van der Waals surface area contributed by atoms with Crippen LogP contribution in [0.25, 0.3) is 0 Å². The molecule has 4 heteroatoms. The van der Waals surface area contributed by atoms with E-state index in [-0.39, 0.29) is 11.5 Å². The van der Waals surface area contributed by atoms with Crippen LogP contribution in [0.15, 0.2) is 52.3 Å². The molecule has 2 aromatic carbocycles. The molecule has 0 aliphatic carbocycles. The highest BCUT2D eigenvalue weighted by Crippen LogP contribution is 2.29. The van der Waals surface area contributed by atoms with Crippen LogP contribution in [0.3, 0.4) is 0 Å². The fourth-order valence-electron chi connectivity index (χ4n) is 1.49. The van der Waals surface area contributed by atoms with Gasteiger partial charge in [0.2, 0.25) is 0 Å². The summed E-state index contributed by atoms with van der Waals surface area (Å²) in [6.07, 6.45) is 0. The Morgan fingerprint density at radius 2 is 1.89 bits per heavy atom. The Labute approximate surface area is 109 Å². The molecule has 2 N–H and O–H groups in total. The van der Waals surface area contributed by atoms with Gasteiger partial charge < -0.3 is 5.73 Å². The number of nitrogen functional groups attached to an aromatic ring is 1. The van der Waals surface area contributed by atoms with Crippen LogP contribution in [0.5, 0.6) is 0 Å². The van der Waals surface area contributed by atoms with Gasteiger partial charge in [-0.15, -0.1) is 0 Å². The van der Waals surface area contributed by atoms with Gasteiger partial charge in [-0.1, -0.05) is 23.9 Å². The van der Waals surface area contributed by atoms with Crippen LogP contribution < -0.4 is 5.73 Å². The Balaban J connectivity index is 2.25. The quantitative estimate of drug-likeness (QED) is 0.675. The van der Waals surface area contributed by atoms with Crippen molar-refractivity contribution in [3.63, 3.8) is 0 Å². The zero-order valence-corrected chi connectivity index (χ0v) is 10.6. The molecule has 0 saturated carbocycles. The summed E-state index contributed by atoms with van der Waals surface area (Å²) in [6, 6.07) is 11.9. The second kappa shape index (κ2) is 5.23. The van der Waals surface area contributed by atoms with Crippen LogP contribution in [-0.4, -0.2) is 5.78 Å². The van der Waals surface area contributed by atoms with Gasteiger partial charge in [-0.05, 0) is 37.3 Å². The van der Waals surface area contributed by atoms with Gasteiger partial charge in [0.05, 0.1) is 5.69 Å². The second-order valence-corrected chi connectivity index (χ2v) is 5.02. The lowest BCUT2D eigenvalue weighted by molar-refractivity contribution is 0.101. The van der Waals surface area contributed by atoms with Crippen LogP contribution in [0.1, 0.15) is 17.3 Å². The number of Topliss-reactive ketones (excluding diaryl/α,β-unsaturated/α-hetero) is 1. The van der Waals surface area contributed by atoms with Crippen molar-refractivity contribution in [1.82, 2.24) is 0 Å². The van der Waals surface area contributed by atoms with Crippen LogP contribution in [-0.2, 0) is 0 Å². The molecule has 0 amide bonds. The molecule has 0 aliphatic rings. The van der Waals surface area contributed by atoms with Crippen molar-refractivity contribution in [2.75, 3.05) is 5.73 Å². The highest BCUT2D eigenvalue weighted by Gasteiger charge is 2.04. The van der Waals surface area contributed by atoms with Crippen LogP contribution in [0.4, 0.5) is 10.1 Å². The van der Waals surface area contributed by atoms with Crippen LogP contribution in [0, 0.1) is 5.82 Å². The van der Waals surface area contributed by atoms with E-state index >= 15 is 0 Å². The summed E-state index contributed by atoms with van der Waals surface area (Å²) in [5.74, 6) is -0.413. The minimum absolute atomic E-state index is 0.0148. The molecule has 2 nitrogen and oxygen atoms in total. The summed E-state index contributed by atoms with van der Waals surface area (Å²) in [6.45, 7) is 1.52. The van der Waals surface area contributed by atoms with Gasteiger partial charge in [-0.25, -0.2) is 4.39 Å². The standard InChI is InChI=1S/C14H12FNOS/c1-9(17)10-3-2-4-11(7-10)18-12-5-6-14(16)13(15)8-12/h2-8H,16H2,1H3. The minimum atomic E-state index is -0.428. The predicted molar refractivity (Wildman–Crippen MR) is 71.4 cm³/mol. The molecule has 18 heavy (non-hydrogen) atoms. The molecule has 0 spiro atoms. The van der Waals surface area contributed by atoms with Crippen molar-refractivity contribution in [2.24, 2.45) is 0 Å². The van der Waals surface area contributed by atoms with Crippen molar-refractivity contribution >= 4 is 23.2 Å². The van der Waals surface area contributed by atoms with Gasteiger partial charge in [0.15, 0.2) is 5.78 Å². The fourth-order valence-corrected chi connectivity index (χ4v) is 2.39. The van der Waals surface area contributed by atoms with E-state index in [9.17, 15) is 9.18 Å². The van der Waals surface area contributed by atoms with Gasteiger partial charge in [-0.2, -0.15) is 0 Å². The molecule has 0 saturated heterocycles. The monoisotopic (exact) mass is 261 g/mol. The topological polar surface area (TPSA) is 43.1 Å². The first kappa shape index (κ1) is 12.6. The van der Waals surface area contributed by atoms with Gasteiger partial charge in [0.25, 0.3) is 0 Å². The second-order valence-electron chi connectivity index (χ2n) is 3.87. The van der Waals surface area contributed by atoms with Crippen molar-refractivity contribution in [3.8, 4) is 0 Å². The molecule has 0 aromatic heterocycles. The highest BCUT2D eigenvalue weighted by molar-refractivity contribution is 7.99. The Kier molecular flexibility index (Phi) is 3.67. The first-order chi connectivity index (χ1) is 8.56. The smallest absolute Gasteiger partial charge is 0.159 e. The molecule has 2 rings (SSSR count). The van der Waals surface area contributed by atoms with Crippen LogP contribution in [0.2, 0.25) is 0 Å². The summed E-state index contributed by atoms with van der Waals surface area (Å²) in [5.41, 5.74) is 6.20. The molecule has 0 aliphatic heterocycles. The third-order valence-corrected chi connectivity index (χ3v) is 3.43. The number of hydrogen-bond acceptors (Lipinski definition) is 3. The van der Waals surface area contributed by atoms with E-state index in [1.165, 1.54) is 30.8 Å². The number of rotatable bonds is 3. The molecule has 0 heterocycles. The average Bonchev–Trinajstić information content (AvgIpc) is 2.34. The summed E-state index contributed by atoms with van der Waals surface area (Å²) in [5, 5.41) is 0. The Hall–Kier alpha value is -1.81. The number of nitrogens with two attached hydrogens (primary N) is 1.